The molecule has 0 atom stereocenters. The summed E-state index contributed by atoms with van der Waals surface area (Å²) in [5.74, 6) is -0.0996. The maximum Gasteiger partial charge on any atom is 0.244 e. The Labute approximate surface area is 177 Å². The monoisotopic (exact) mass is 434 g/mol. The van der Waals surface area contributed by atoms with E-state index in [4.69, 9.17) is 23.2 Å². The highest BCUT2D eigenvalue weighted by Crippen LogP contribution is 2.22. The van der Waals surface area contributed by atoms with E-state index in [0.717, 1.165) is 48.2 Å². The van der Waals surface area contributed by atoms with Gasteiger partial charge in [0.1, 0.15) is 0 Å². The molecule has 1 N–H and O–H groups in total. The van der Waals surface area contributed by atoms with Crippen molar-refractivity contribution in [3.63, 3.8) is 0 Å². The van der Waals surface area contributed by atoms with Crippen LogP contribution in [0.3, 0.4) is 0 Å². The molecule has 1 amide bonds. The first-order valence-electron chi connectivity index (χ1n) is 9.15. The van der Waals surface area contributed by atoms with E-state index in [0.29, 0.717) is 5.15 Å². The van der Waals surface area contributed by atoms with Crippen molar-refractivity contribution in [3.8, 4) is 0 Å². The van der Waals surface area contributed by atoms with E-state index >= 15 is 0 Å². The Kier molecular flexibility index (Phi) is 6.01. The number of thiazole rings is 1. The second kappa shape index (κ2) is 8.66. The Morgan fingerprint density at radius 3 is 2.75 bits per heavy atom. The summed E-state index contributed by atoms with van der Waals surface area (Å²) in [6.07, 6.45) is 7.03. The smallest absolute Gasteiger partial charge is 0.244 e. The Bertz CT molecular complexity index is 987. The molecule has 1 aliphatic rings. The lowest BCUT2D eigenvalue weighted by Gasteiger charge is -2.32. The first-order valence-corrected chi connectivity index (χ1v) is 10.8. The highest BCUT2D eigenvalue weighted by molar-refractivity contribution is 7.15. The number of imidazole rings is 1. The van der Waals surface area contributed by atoms with E-state index in [1.807, 2.05) is 28.1 Å². The quantitative estimate of drug-likeness (QED) is 0.601. The SMILES string of the molecule is O=C(/C=C/c1c(Cl)nc2sccn12)NC1CCN(Cc2ccc(Cl)cc2)CC1. The predicted octanol–water partition coefficient (Wildman–Crippen LogP) is 4.50. The number of benzene rings is 1. The summed E-state index contributed by atoms with van der Waals surface area (Å²) in [4.78, 5) is 19.8. The molecular formula is C20H20Cl2N4OS. The van der Waals surface area contributed by atoms with Crippen LogP contribution in [0, 0.1) is 0 Å². The summed E-state index contributed by atoms with van der Waals surface area (Å²) in [6.45, 7) is 2.83. The second-order valence-electron chi connectivity index (χ2n) is 6.86. The summed E-state index contributed by atoms with van der Waals surface area (Å²) < 4.78 is 1.88. The van der Waals surface area contributed by atoms with Gasteiger partial charge in [0.15, 0.2) is 10.1 Å². The van der Waals surface area contributed by atoms with Crippen LogP contribution >= 0.6 is 34.5 Å². The van der Waals surface area contributed by atoms with Gasteiger partial charge in [0, 0.05) is 48.4 Å². The number of nitrogens with one attached hydrogen (secondary N) is 1. The number of hydrogen-bond donors (Lipinski definition) is 1. The van der Waals surface area contributed by atoms with Crippen LogP contribution in [-0.2, 0) is 11.3 Å². The van der Waals surface area contributed by atoms with Crippen LogP contribution in [0.2, 0.25) is 10.2 Å². The van der Waals surface area contributed by atoms with Crippen LogP contribution in [0.5, 0.6) is 0 Å². The number of nitrogens with zero attached hydrogens (tertiary/aromatic N) is 3. The average Bonchev–Trinajstić information content (AvgIpc) is 3.24. The molecule has 4 rings (SSSR count). The molecule has 1 saturated heterocycles. The lowest BCUT2D eigenvalue weighted by atomic mass is 10.0. The molecule has 28 heavy (non-hydrogen) atoms. The molecular weight excluding hydrogens is 415 g/mol. The van der Waals surface area contributed by atoms with Crippen molar-refractivity contribution in [1.82, 2.24) is 19.6 Å². The van der Waals surface area contributed by atoms with Gasteiger partial charge in [-0.3, -0.25) is 14.1 Å². The number of carbonyl (C=O) groups excluding carboxylic acids is 1. The van der Waals surface area contributed by atoms with Crippen LogP contribution in [0.15, 0.2) is 41.9 Å². The topological polar surface area (TPSA) is 49.6 Å². The van der Waals surface area contributed by atoms with Crippen LogP contribution in [-0.4, -0.2) is 39.3 Å². The standard InChI is InChI=1S/C20H20Cl2N4OS/c21-15-3-1-14(2-4-15)13-25-9-7-16(8-10-25)23-18(27)6-5-17-19(22)24-20-26(17)11-12-28-20/h1-6,11-12,16H,7-10,13H2,(H,23,27)/b6-5+. The van der Waals surface area contributed by atoms with Gasteiger partial charge in [0.05, 0.1) is 5.69 Å². The van der Waals surface area contributed by atoms with Crippen molar-refractivity contribution in [2.24, 2.45) is 0 Å². The summed E-state index contributed by atoms with van der Waals surface area (Å²) in [7, 11) is 0. The first-order chi connectivity index (χ1) is 13.6. The molecule has 2 aromatic heterocycles. The van der Waals surface area contributed by atoms with E-state index in [2.05, 4.69) is 27.3 Å². The van der Waals surface area contributed by atoms with Gasteiger partial charge in [-0.1, -0.05) is 35.3 Å². The molecule has 0 bridgehead atoms. The number of aromatic nitrogens is 2. The van der Waals surface area contributed by atoms with Gasteiger partial charge < -0.3 is 5.32 Å². The number of halogens is 2. The maximum atomic E-state index is 12.3. The Hall–Kier alpha value is -1.86. The van der Waals surface area contributed by atoms with Gasteiger partial charge in [-0.2, -0.15) is 0 Å². The number of carbonyl (C=O) groups is 1. The van der Waals surface area contributed by atoms with E-state index in [9.17, 15) is 4.79 Å². The summed E-state index contributed by atoms with van der Waals surface area (Å²) >= 11 is 13.6. The fraction of sp³-hybridized carbons (Fsp3) is 0.300. The number of hydrogen-bond acceptors (Lipinski definition) is 4. The lowest BCUT2D eigenvalue weighted by molar-refractivity contribution is -0.117. The normalized spacial score (nSPS) is 16.2. The third kappa shape index (κ3) is 4.58. The number of likely N-dealkylation sites (tertiary alicyclic amines) is 1. The summed E-state index contributed by atoms with van der Waals surface area (Å²) in [5.41, 5.74) is 1.98. The molecule has 0 aliphatic carbocycles. The van der Waals surface area contributed by atoms with E-state index < -0.39 is 0 Å². The fourth-order valence-electron chi connectivity index (χ4n) is 3.41. The van der Waals surface area contributed by atoms with E-state index in [-0.39, 0.29) is 11.9 Å². The lowest BCUT2D eigenvalue weighted by Crippen LogP contribution is -2.43. The van der Waals surface area contributed by atoms with Crippen molar-refractivity contribution in [2.45, 2.75) is 25.4 Å². The average molecular weight is 435 g/mol. The Morgan fingerprint density at radius 2 is 2.00 bits per heavy atom. The van der Waals surface area contributed by atoms with Crippen molar-refractivity contribution in [2.75, 3.05) is 13.1 Å². The van der Waals surface area contributed by atoms with Crippen LogP contribution in [0.4, 0.5) is 0 Å². The van der Waals surface area contributed by atoms with Crippen molar-refractivity contribution < 1.29 is 4.79 Å². The molecule has 3 heterocycles. The molecule has 0 saturated carbocycles. The number of piperidine rings is 1. The van der Waals surface area contributed by atoms with Gasteiger partial charge in [-0.05, 0) is 36.6 Å². The molecule has 8 heteroatoms. The minimum atomic E-state index is -0.0996. The molecule has 5 nitrogen and oxygen atoms in total. The minimum absolute atomic E-state index is 0.0996. The van der Waals surface area contributed by atoms with E-state index in [1.165, 1.54) is 23.0 Å². The Morgan fingerprint density at radius 1 is 1.25 bits per heavy atom. The molecule has 0 unspecified atom stereocenters. The predicted molar refractivity (Wildman–Crippen MR) is 115 cm³/mol. The molecule has 146 valence electrons. The molecule has 1 aromatic carbocycles. The molecule has 3 aromatic rings. The van der Waals surface area contributed by atoms with Crippen LogP contribution in [0.1, 0.15) is 24.1 Å². The van der Waals surface area contributed by atoms with E-state index in [1.54, 1.807) is 6.08 Å². The van der Waals surface area contributed by atoms with Crippen LogP contribution < -0.4 is 5.32 Å². The van der Waals surface area contributed by atoms with Gasteiger partial charge in [0.25, 0.3) is 0 Å². The number of rotatable bonds is 5. The Balaban J connectivity index is 1.27. The molecule has 0 spiro atoms. The van der Waals surface area contributed by atoms with Gasteiger partial charge in [-0.25, -0.2) is 4.98 Å². The number of amides is 1. The summed E-state index contributed by atoms with van der Waals surface area (Å²) in [5, 5.41) is 6.20. The van der Waals surface area contributed by atoms with Crippen molar-refractivity contribution >= 4 is 51.5 Å². The largest absolute Gasteiger partial charge is 0.350 e. The van der Waals surface area contributed by atoms with Gasteiger partial charge in [-0.15, -0.1) is 11.3 Å². The number of fused-ring (bicyclic) bond motifs is 1. The zero-order chi connectivity index (χ0) is 19.5. The summed E-state index contributed by atoms with van der Waals surface area (Å²) in [6, 6.07) is 8.17. The highest BCUT2D eigenvalue weighted by atomic mass is 35.5. The highest BCUT2D eigenvalue weighted by Gasteiger charge is 2.20. The zero-order valence-corrected chi connectivity index (χ0v) is 17.5. The van der Waals surface area contributed by atoms with Gasteiger partial charge in [0.2, 0.25) is 5.91 Å². The molecule has 1 aliphatic heterocycles. The molecule has 1 fully saturated rings. The maximum absolute atomic E-state index is 12.3. The van der Waals surface area contributed by atoms with Gasteiger partial charge >= 0.3 is 0 Å². The molecule has 0 radical (unpaired) electrons. The second-order valence-corrected chi connectivity index (χ2v) is 8.53. The third-order valence-corrected chi connectivity index (χ3v) is 6.19. The first kappa shape index (κ1) is 19.5. The minimum Gasteiger partial charge on any atom is -0.350 e. The van der Waals surface area contributed by atoms with Crippen LogP contribution in [0.25, 0.3) is 11.0 Å². The van der Waals surface area contributed by atoms with Crippen molar-refractivity contribution in [3.05, 3.63) is 63.4 Å². The third-order valence-electron chi connectivity index (χ3n) is 4.90. The zero-order valence-electron chi connectivity index (χ0n) is 15.1. The van der Waals surface area contributed by atoms with Crippen molar-refractivity contribution in [1.29, 1.82) is 0 Å². The fourth-order valence-corrected chi connectivity index (χ4v) is 4.54.